The van der Waals surface area contributed by atoms with Crippen molar-refractivity contribution in [3.8, 4) is 5.75 Å². The Bertz CT molecular complexity index is 3220. The molecule has 9 atom stereocenters. The standard InChI is InChI=1S/C59H83N17O15/c1-31(2)22-40(49(81)67-39(12-8-20-63-57(60)89)56(88)76-21-9-13-46(76)55(87)74-75-58(61)90)68-54(86)45(29-91-59(3,4)5)73-50(82)41(23-32-14-16-35(78)17-15-32)69-53(85)44(28-77)72-51(83)42(24-33-26-64-37-11-7-6-10-36(33)37)70-52(84)43(25-34-27-62-30-65-34)71-48(80)38-18-19-47(79)66-38/h6-7,10-11,14-17,26-27,30-31,38-46,64,77-78H,8-9,12-13,18-25,28-29H2,1-5H3,(H,62,65)(H,66,79)(H,67,81)(H,68,86)(H,69,85)(H,70,84)(H,71,80)(H,72,83)(H,73,82)(H,74,87)(H3,60,63,89)(H3,61,75,90)/t38-,39-,40-,41-,42-,43-,44-,45+,46-/m0/s1. The maximum Gasteiger partial charge on any atom is 0.330 e. The number of fused-ring (bicyclic) bond motifs is 1. The number of hydrogen-bond donors (Lipinski definition) is 17. The number of carbonyl (C=O) groups excluding carboxylic acids is 12. The molecule has 4 aromatic rings. The third kappa shape index (κ3) is 21.7. The molecule has 19 N–H and O–H groups in total. The van der Waals surface area contributed by atoms with Crippen molar-refractivity contribution in [3.63, 3.8) is 0 Å². The molecular formula is C59H83N17O15. The molecule has 32 heteroatoms. The number of phenolic OH excluding ortho intramolecular Hbond substituents is 1. The summed E-state index contributed by atoms with van der Waals surface area (Å²) in [6, 6.07) is -1.73. The smallest absolute Gasteiger partial charge is 0.330 e. The minimum absolute atomic E-state index is 0.00188. The van der Waals surface area contributed by atoms with Crippen LogP contribution in [-0.4, -0.2) is 187 Å². The van der Waals surface area contributed by atoms with Crippen LogP contribution in [-0.2, 0) is 71.9 Å². The molecule has 0 unspecified atom stereocenters. The lowest BCUT2D eigenvalue weighted by Crippen LogP contribution is -2.62. The van der Waals surface area contributed by atoms with Gasteiger partial charge < -0.3 is 89.1 Å². The predicted molar refractivity (Wildman–Crippen MR) is 325 cm³/mol. The fourth-order valence-electron chi connectivity index (χ4n) is 10.2. The molecule has 2 fully saturated rings. The Morgan fingerprint density at radius 1 is 0.703 bits per heavy atom. The average molecular weight is 1270 g/mol. The number of urea groups is 2. The Balaban J connectivity index is 1.24. The number of rotatable bonds is 31. The SMILES string of the molecule is CC(C)C[C@H](NC(=O)[C@@H](COC(C)(C)C)NC(=O)[C@H](Cc1ccc(O)cc1)NC(=O)[C@H](CO)NC(=O)[C@H](Cc1c[nH]c2ccccc12)NC(=O)[C@H](Cc1cnc[nH]1)NC(=O)[C@@H]1CCC(=O)N1)C(=O)N[C@@H](CCCNC(N)=O)C(=O)N1CCC[C@H]1C(=O)NNC(N)=O. The largest absolute Gasteiger partial charge is 0.508 e. The third-order valence-electron chi connectivity index (χ3n) is 14.9. The van der Waals surface area contributed by atoms with Crippen LogP contribution in [0.15, 0.2) is 67.3 Å². The van der Waals surface area contributed by atoms with Gasteiger partial charge in [-0.05, 0) is 94.5 Å². The Kier molecular flexibility index (Phi) is 25.6. The summed E-state index contributed by atoms with van der Waals surface area (Å²) >= 11 is 0. The molecule has 0 saturated carbocycles. The van der Waals surface area contributed by atoms with E-state index in [1.54, 1.807) is 65.1 Å². The maximum atomic E-state index is 14.8. The highest BCUT2D eigenvalue weighted by atomic mass is 16.5. The summed E-state index contributed by atoms with van der Waals surface area (Å²) in [5.41, 5.74) is 15.7. The normalized spacial score (nSPS) is 17.0. The Morgan fingerprint density at radius 3 is 1.92 bits per heavy atom. The van der Waals surface area contributed by atoms with Gasteiger partial charge in [-0.15, -0.1) is 0 Å². The Labute approximate surface area is 523 Å². The molecule has 32 nitrogen and oxygen atoms in total. The average Bonchev–Trinajstić information content (AvgIpc) is 1.85. The van der Waals surface area contributed by atoms with Gasteiger partial charge in [0, 0.05) is 67.8 Å². The van der Waals surface area contributed by atoms with Crippen LogP contribution in [0, 0.1) is 5.92 Å². The van der Waals surface area contributed by atoms with E-state index in [4.69, 9.17) is 16.2 Å². The zero-order chi connectivity index (χ0) is 66.5. The number of phenols is 1. The van der Waals surface area contributed by atoms with Crippen molar-refractivity contribution in [2.45, 2.75) is 159 Å². The molecule has 0 radical (unpaired) electrons. The lowest BCUT2D eigenvalue weighted by Gasteiger charge is -2.31. The second kappa shape index (κ2) is 33.1. The maximum absolute atomic E-state index is 14.8. The summed E-state index contributed by atoms with van der Waals surface area (Å²) in [6.07, 6.45) is 4.70. The number of carbonyl (C=O) groups is 12. The molecule has 0 spiro atoms. The zero-order valence-electron chi connectivity index (χ0n) is 51.3. The molecule has 91 heavy (non-hydrogen) atoms. The number of primary amides is 2. The molecule has 14 amide bonds. The quantitative estimate of drug-likeness (QED) is 0.0180. The number of ether oxygens (including phenoxy) is 1. The van der Waals surface area contributed by atoms with E-state index < -0.39 is 138 Å². The Hall–Kier alpha value is -9.85. The number of benzene rings is 2. The number of aromatic nitrogens is 3. The van der Waals surface area contributed by atoms with Gasteiger partial charge in [-0.25, -0.2) is 20.0 Å². The first-order valence-electron chi connectivity index (χ1n) is 29.8. The highest BCUT2D eigenvalue weighted by Crippen LogP contribution is 2.22. The van der Waals surface area contributed by atoms with Gasteiger partial charge in [0.15, 0.2) is 0 Å². The number of H-pyrrole nitrogens is 2. The number of nitrogens with one attached hydrogen (secondary N) is 13. The van der Waals surface area contributed by atoms with E-state index in [2.05, 4.69) is 68.2 Å². The van der Waals surface area contributed by atoms with Gasteiger partial charge in [0.1, 0.15) is 60.1 Å². The van der Waals surface area contributed by atoms with Crippen LogP contribution in [0.3, 0.4) is 0 Å². The molecule has 494 valence electrons. The summed E-state index contributed by atoms with van der Waals surface area (Å²) in [7, 11) is 0. The highest BCUT2D eigenvalue weighted by molar-refractivity contribution is 5.99. The van der Waals surface area contributed by atoms with Crippen LogP contribution in [0.4, 0.5) is 9.59 Å². The van der Waals surface area contributed by atoms with Crippen molar-refractivity contribution in [1.82, 2.24) is 78.6 Å². The van der Waals surface area contributed by atoms with Crippen LogP contribution >= 0.6 is 0 Å². The molecule has 4 heterocycles. The molecule has 2 aliphatic rings. The fraction of sp³-hybridized carbons (Fsp3) is 0.508. The topological polar surface area (TPSA) is 487 Å². The van der Waals surface area contributed by atoms with Gasteiger partial charge in [-0.1, -0.05) is 44.2 Å². The molecule has 0 bridgehead atoms. The number of amides is 14. The molecule has 2 aliphatic heterocycles. The monoisotopic (exact) mass is 1270 g/mol. The van der Waals surface area contributed by atoms with E-state index >= 15 is 0 Å². The van der Waals surface area contributed by atoms with Crippen LogP contribution in [0.25, 0.3) is 10.9 Å². The summed E-state index contributed by atoms with van der Waals surface area (Å²) < 4.78 is 6.01. The number of aromatic amines is 2. The van der Waals surface area contributed by atoms with Crippen molar-refractivity contribution in [3.05, 3.63) is 84.1 Å². The van der Waals surface area contributed by atoms with Gasteiger partial charge >= 0.3 is 12.1 Å². The summed E-state index contributed by atoms with van der Waals surface area (Å²) in [6.45, 7) is 7.12. The summed E-state index contributed by atoms with van der Waals surface area (Å²) in [5.74, 6) is -8.52. The van der Waals surface area contributed by atoms with Gasteiger partial charge in [0.25, 0.3) is 5.91 Å². The molecule has 6 rings (SSSR count). The second-order valence-electron chi connectivity index (χ2n) is 23.6. The summed E-state index contributed by atoms with van der Waals surface area (Å²) in [4.78, 5) is 174. The minimum atomic E-state index is -1.81. The van der Waals surface area contributed by atoms with Crippen LogP contribution < -0.4 is 70.2 Å². The van der Waals surface area contributed by atoms with Gasteiger partial charge in [-0.3, -0.25) is 53.4 Å². The van der Waals surface area contributed by atoms with Gasteiger partial charge in [0.2, 0.25) is 53.2 Å². The van der Waals surface area contributed by atoms with E-state index in [0.717, 1.165) is 0 Å². The van der Waals surface area contributed by atoms with Crippen LogP contribution in [0.2, 0.25) is 0 Å². The number of aliphatic hydroxyl groups excluding tert-OH is 1. The van der Waals surface area contributed by atoms with Crippen LogP contribution in [0.1, 0.15) is 96.4 Å². The van der Waals surface area contributed by atoms with Crippen molar-refractivity contribution >= 4 is 82.0 Å². The first-order chi connectivity index (χ1) is 43.2. The lowest BCUT2D eigenvalue weighted by atomic mass is 10.0. The van der Waals surface area contributed by atoms with Gasteiger partial charge in [0.05, 0.1) is 25.1 Å². The van der Waals surface area contributed by atoms with E-state index in [9.17, 15) is 67.7 Å². The van der Waals surface area contributed by atoms with Crippen molar-refractivity contribution in [2.24, 2.45) is 17.4 Å². The second-order valence-corrected chi connectivity index (χ2v) is 23.6. The van der Waals surface area contributed by atoms with Crippen LogP contribution in [0.5, 0.6) is 5.75 Å². The molecule has 2 aromatic heterocycles. The lowest BCUT2D eigenvalue weighted by molar-refractivity contribution is -0.142. The summed E-state index contributed by atoms with van der Waals surface area (Å²) in [5, 5.41) is 45.1. The minimum Gasteiger partial charge on any atom is -0.508 e. The number of aliphatic hydroxyl groups is 1. The number of likely N-dealkylation sites (tertiary alicyclic amines) is 1. The Morgan fingerprint density at radius 2 is 1.31 bits per heavy atom. The first kappa shape index (κ1) is 70.2. The molecule has 0 aliphatic carbocycles. The number of imidazole rings is 1. The van der Waals surface area contributed by atoms with E-state index in [1.807, 2.05) is 5.43 Å². The third-order valence-corrected chi connectivity index (χ3v) is 14.9. The van der Waals surface area contributed by atoms with Gasteiger partial charge in [-0.2, -0.15) is 0 Å². The van der Waals surface area contributed by atoms with E-state index in [-0.39, 0.29) is 88.5 Å². The van der Waals surface area contributed by atoms with E-state index in [0.29, 0.717) is 34.1 Å². The number of aromatic hydroxyl groups is 1. The zero-order valence-corrected chi connectivity index (χ0v) is 51.3. The molecule has 2 saturated heterocycles. The molecular weight excluding hydrogens is 1190 g/mol. The fourth-order valence-corrected chi connectivity index (χ4v) is 10.2. The number of nitrogens with zero attached hydrogens (tertiary/aromatic N) is 2. The number of para-hydroxylation sites is 1. The highest BCUT2D eigenvalue weighted by Gasteiger charge is 2.40. The number of hydrazine groups is 1. The number of nitrogens with two attached hydrogens (primary N) is 2. The van der Waals surface area contributed by atoms with E-state index in [1.165, 1.54) is 41.7 Å². The predicted octanol–water partition coefficient (Wildman–Crippen LogP) is -2.71. The van der Waals surface area contributed by atoms with Crippen molar-refractivity contribution < 1.29 is 72.5 Å². The van der Waals surface area contributed by atoms with Crippen molar-refractivity contribution in [1.29, 1.82) is 0 Å². The first-order valence-corrected chi connectivity index (χ1v) is 29.8. The van der Waals surface area contributed by atoms with Crippen molar-refractivity contribution in [2.75, 3.05) is 26.3 Å². The molecule has 2 aromatic carbocycles. The number of hydrogen-bond acceptors (Lipinski definition) is 16.